The molecule has 0 N–H and O–H groups in total. The van der Waals surface area contributed by atoms with Crippen molar-refractivity contribution in [1.29, 1.82) is 0 Å². The minimum absolute atomic E-state index is 0.228. The summed E-state index contributed by atoms with van der Waals surface area (Å²) in [5.41, 5.74) is 3.64. The van der Waals surface area contributed by atoms with Gasteiger partial charge in [0.05, 0.1) is 5.57 Å². The highest BCUT2D eigenvalue weighted by atomic mass is 16.5. The Balaban J connectivity index is 2.71. The lowest BCUT2D eigenvalue weighted by Crippen LogP contribution is -2.01. The second kappa shape index (κ2) is 2.98. The van der Waals surface area contributed by atoms with Crippen molar-refractivity contribution < 1.29 is 9.53 Å². The fourth-order valence-corrected chi connectivity index (χ4v) is 1.71. The number of hydrogen-bond acceptors (Lipinski definition) is 2. The molecule has 1 aromatic carbocycles. The van der Waals surface area contributed by atoms with Crippen molar-refractivity contribution >= 4 is 11.5 Å². The van der Waals surface area contributed by atoms with Gasteiger partial charge in [0.25, 0.3) is 0 Å². The minimum Gasteiger partial charge on any atom is -0.422 e. The van der Waals surface area contributed by atoms with Crippen LogP contribution in [0.15, 0.2) is 23.8 Å². The SMILES string of the molecule is CC(C)=C1C(=O)Oc2c(C)cccc21. The number of carbonyl (C=O) groups is 1. The molecule has 0 radical (unpaired) electrons. The highest BCUT2D eigenvalue weighted by Crippen LogP contribution is 2.37. The van der Waals surface area contributed by atoms with Gasteiger partial charge in [-0.15, -0.1) is 0 Å². The molecular weight excluding hydrogens is 176 g/mol. The first-order chi connectivity index (χ1) is 6.61. The van der Waals surface area contributed by atoms with Crippen LogP contribution < -0.4 is 4.74 Å². The maximum atomic E-state index is 11.5. The predicted molar refractivity (Wildman–Crippen MR) is 55.1 cm³/mol. The zero-order valence-corrected chi connectivity index (χ0v) is 8.55. The van der Waals surface area contributed by atoms with Crippen molar-refractivity contribution in [2.75, 3.05) is 0 Å². The molecule has 0 fully saturated rings. The van der Waals surface area contributed by atoms with E-state index < -0.39 is 0 Å². The fraction of sp³-hybridized carbons (Fsp3) is 0.250. The average Bonchev–Trinajstić information content (AvgIpc) is 2.42. The molecule has 2 rings (SSSR count). The Bertz CT molecular complexity index is 438. The first kappa shape index (κ1) is 9.00. The van der Waals surface area contributed by atoms with Crippen LogP contribution in [0.2, 0.25) is 0 Å². The molecule has 0 amide bonds. The number of carbonyl (C=O) groups excluding carboxylic acids is 1. The molecule has 0 spiro atoms. The maximum Gasteiger partial charge on any atom is 0.344 e. The van der Waals surface area contributed by atoms with E-state index in [2.05, 4.69) is 0 Å². The molecule has 0 atom stereocenters. The number of para-hydroxylation sites is 1. The molecule has 1 aliphatic rings. The van der Waals surface area contributed by atoms with E-state index in [1.807, 2.05) is 39.0 Å². The van der Waals surface area contributed by atoms with Gasteiger partial charge in [-0.3, -0.25) is 0 Å². The van der Waals surface area contributed by atoms with Crippen molar-refractivity contribution in [3.8, 4) is 5.75 Å². The van der Waals surface area contributed by atoms with Crippen molar-refractivity contribution in [2.45, 2.75) is 20.8 Å². The number of allylic oxidation sites excluding steroid dienone is 1. The van der Waals surface area contributed by atoms with E-state index in [0.717, 1.165) is 16.7 Å². The van der Waals surface area contributed by atoms with Crippen LogP contribution >= 0.6 is 0 Å². The van der Waals surface area contributed by atoms with Crippen LogP contribution in [0.1, 0.15) is 25.0 Å². The molecule has 14 heavy (non-hydrogen) atoms. The van der Waals surface area contributed by atoms with Gasteiger partial charge in [-0.1, -0.05) is 23.8 Å². The Kier molecular flexibility index (Phi) is 1.92. The minimum atomic E-state index is -0.228. The largest absolute Gasteiger partial charge is 0.422 e. The zero-order chi connectivity index (χ0) is 10.3. The molecule has 0 bridgehead atoms. The van der Waals surface area contributed by atoms with Crippen molar-refractivity contribution in [3.63, 3.8) is 0 Å². The summed E-state index contributed by atoms with van der Waals surface area (Å²) in [6, 6.07) is 5.81. The highest BCUT2D eigenvalue weighted by Gasteiger charge is 2.28. The summed E-state index contributed by atoms with van der Waals surface area (Å²) in [4.78, 5) is 11.5. The Labute approximate surface area is 83.2 Å². The maximum absolute atomic E-state index is 11.5. The molecule has 2 nitrogen and oxygen atoms in total. The number of esters is 1. The van der Waals surface area contributed by atoms with Crippen LogP contribution in [0.3, 0.4) is 0 Å². The zero-order valence-electron chi connectivity index (χ0n) is 8.55. The van der Waals surface area contributed by atoms with Crippen LogP contribution in [-0.2, 0) is 4.79 Å². The van der Waals surface area contributed by atoms with Gasteiger partial charge in [0.1, 0.15) is 5.75 Å². The predicted octanol–water partition coefficient (Wildman–Crippen LogP) is 2.71. The van der Waals surface area contributed by atoms with Gasteiger partial charge in [-0.25, -0.2) is 4.79 Å². The normalized spacial score (nSPS) is 13.9. The molecule has 0 saturated carbocycles. The Hall–Kier alpha value is -1.57. The topological polar surface area (TPSA) is 26.3 Å². The van der Waals surface area contributed by atoms with Gasteiger partial charge in [0.15, 0.2) is 0 Å². The summed E-state index contributed by atoms with van der Waals surface area (Å²) in [7, 11) is 0. The molecule has 0 unspecified atom stereocenters. The summed E-state index contributed by atoms with van der Waals surface area (Å²) < 4.78 is 5.21. The second-order valence-corrected chi connectivity index (χ2v) is 3.72. The van der Waals surface area contributed by atoms with Gasteiger partial charge in [-0.2, -0.15) is 0 Å². The molecule has 72 valence electrons. The molecule has 0 aliphatic carbocycles. The highest BCUT2D eigenvalue weighted by molar-refractivity contribution is 6.22. The van der Waals surface area contributed by atoms with Crippen LogP contribution in [0, 0.1) is 6.92 Å². The van der Waals surface area contributed by atoms with Crippen LogP contribution in [0.4, 0.5) is 0 Å². The third kappa shape index (κ3) is 1.15. The molecule has 0 saturated heterocycles. The number of aryl methyl sites for hydroxylation is 1. The molecule has 1 heterocycles. The summed E-state index contributed by atoms with van der Waals surface area (Å²) in [6.07, 6.45) is 0. The lowest BCUT2D eigenvalue weighted by Gasteiger charge is -1.99. The van der Waals surface area contributed by atoms with Crippen LogP contribution in [0.25, 0.3) is 5.57 Å². The molecule has 2 heteroatoms. The third-order valence-electron chi connectivity index (χ3n) is 2.38. The summed E-state index contributed by atoms with van der Waals surface area (Å²) in [5, 5.41) is 0. The Morgan fingerprint density at radius 3 is 2.64 bits per heavy atom. The lowest BCUT2D eigenvalue weighted by atomic mass is 10.0. The van der Waals surface area contributed by atoms with Crippen LogP contribution in [-0.4, -0.2) is 5.97 Å². The number of rotatable bonds is 0. The number of fused-ring (bicyclic) bond motifs is 1. The Morgan fingerprint density at radius 1 is 1.29 bits per heavy atom. The third-order valence-corrected chi connectivity index (χ3v) is 2.38. The van der Waals surface area contributed by atoms with E-state index in [-0.39, 0.29) is 5.97 Å². The van der Waals surface area contributed by atoms with Crippen molar-refractivity contribution in [3.05, 3.63) is 34.9 Å². The second-order valence-electron chi connectivity index (χ2n) is 3.72. The first-order valence-corrected chi connectivity index (χ1v) is 4.61. The fourth-order valence-electron chi connectivity index (χ4n) is 1.71. The Morgan fingerprint density at radius 2 is 2.00 bits per heavy atom. The first-order valence-electron chi connectivity index (χ1n) is 4.61. The van der Waals surface area contributed by atoms with Gasteiger partial charge in [0.2, 0.25) is 0 Å². The lowest BCUT2D eigenvalue weighted by molar-refractivity contribution is -0.127. The van der Waals surface area contributed by atoms with Crippen molar-refractivity contribution in [1.82, 2.24) is 0 Å². The van der Waals surface area contributed by atoms with E-state index in [9.17, 15) is 4.79 Å². The smallest absolute Gasteiger partial charge is 0.344 e. The number of benzene rings is 1. The molecular formula is C12H12O2. The molecule has 1 aromatic rings. The van der Waals surface area contributed by atoms with E-state index in [1.165, 1.54) is 0 Å². The number of ether oxygens (including phenoxy) is 1. The number of hydrogen-bond donors (Lipinski definition) is 0. The molecule has 0 aromatic heterocycles. The average molecular weight is 188 g/mol. The summed E-state index contributed by atoms with van der Waals surface area (Å²) in [5.74, 6) is 0.489. The van der Waals surface area contributed by atoms with Gasteiger partial charge < -0.3 is 4.74 Å². The van der Waals surface area contributed by atoms with Gasteiger partial charge in [-0.05, 0) is 26.3 Å². The summed E-state index contributed by atoms with van der Waals surface area (Å²) in [6.45, 7) is 5.79. The van der Waals surface area contributed by atoms with Gasteiger partial charge in [0, 0.05) is 5.56 Å². The van der Waals surface area contributed by atoms with E-state index in [0.29, 0.717) is 11.3 Å². The van der Waals surface area contributed by atoms with Crippen LogP contribution in [0.5, 0.6) is 5.75 Å². The van der Waals surface area contributed by atoms with Crippen molar-refractivity contribution in [2.24, 2.45) is 0 Å². The quantitative estimate of drug-likeness (QED) is 0.355. The standard InChI is InChI=1S/C12H12O2/c1-7(2)10-9-6-4-5-8(3)11(9)14-12(10)13/h4-6H,1-3H3. The van der Waals surface area contributed by atoms with E-state index in [1.54, 1.807) is 0 Å². The van der Waals surface area contributed by atoms with Gasteiger partial charge >= 0.3 is 5.97 Å². The molecule has 1 aliphatic heterocycles. The summed E-state index contributed by atoms with van der Waals surface area (Å²) >= 11 is 0. The monoisotopic (exact) mass is 188 g/mol. The van der Waals surface area contributed by atoms with E-state index >= 15 is 0 Å². The van der Waals surface area contributed by atoms with E-state index in [4.69, 9.17) is 4.74 Å².